The molecule has 3 N–H and O–H groups in total. The Kier molecular flexibility index (Phi) is 7.88. The van der Waals surface area contributed by atoms with Gasteiger partial charge < -0.3 is 15.6 Å². The van der Waals surface area contributed by atoms with E-state index < -0.39 is 0 Å². The minimum Gasteiger partial charge on any atom is -0.361 e. The Morgan fingerprint density at radius 3 is 2.86 bits per heavy atom. The molecule has 1 aromatic heterocycles. The lowest BCUT2D eigenvalue weighted by Gasteiger charge is -2.11. The van der Waals surface area contributed by atoms with E-state index in [2.05, 4.69) is 43.1 Å². The van der Waals surface area contributed by atoms with Crippen LogP contribution in [0, 0.1) is 5.82 Å². The Morgan fingerprint density at radius 1 is 1.41 bits per heavy atom. The molecule has 0 saturated heterocycles. The van der Waals surface area contributed by atoms with Crippen molar-refractivity contribution in [2.24, 2.45) is 4.99 Å². The Labute approximate surface area is 154 Å². The first-order valence-corrected chi connectivity index (χ1v) is 7.42. The van der Waals surface area contributed by atoms with E-state index in [-0.39, 0.29) is 29.8 Å². The van der Waals surface area contributed by atoms with Gasteiger partial charge in [0.1, 0.15) is 5.82 Å². The van der Waals surface area contributed by atoms with Crippen molar-refractivity contribution in [2.75, 3.05) is 20.1 Å². The summed E-state index contributed by atoms with van der Waals surface area (Å²) in [6.45, 7) is 5.11. The number of rotatable bonds is 5. The van der Waals surface area contributed by atoms with Crippen LogP contribution in [-0.2, 0) is 6.42 Å². The van der Waals surface area contributed by atoms with E-state index in [1.54, 1.807) is 13.1 Å². The molecule has 2 aromatic rings. The highest BCUT2D eigenvalue weighted by Gasteiger charge is 2.05. The number of benzene rings is 1. The maximum absolute atomic E-state index is 13.1. The first kappa shape index (κ1) is 19.0. The number of hydrogen-bond donors (Lipinski definition) is 3. The summed E-state index contributed by atoms with van der Waals surface area (Å²) in [5, 5.41) is 7.41. The maximum atomic E-state index is 13.1. The molecular formula is C15H19BrFIN4. The van der Waals surface area contributed by atoms with Crippen molar-refractivity contribution in [3.8, 4) is 0 Å². The fourth-order valence-corrected chi connectivity index (χ4v) is 2.22. The monoisotopic (exact) mass is 480 g/mol. The van der Waals surface area contributed by atoms with E-state index >= 15 is 0 Å². The third-order valence-corrected chi connectivity index (χ3v) is 3.37. The number of guanidine groups is 1. The second kappa shape index (κ2) is 9.14. The lowest BCUT2D eigenvalue weighted by atomic mass is 10.1. The molecule has 4 nitrogen and oxygen atoms in total. The predicted octanol–water partition coefficient (Wildman–Crippen LogP) is 3.54. The third-order valence-electron chi connectivity index (χ3n) is 3.09. The standard InChI is InChI=1S/C15H18BrFN4.HI/c1-10(16)8-21-15(18-2)19-6-5-11-9-20-14-7-12(17)3-4-13(11)14;/h3-4,7,9,20H,1,5-6,8H2,2H3,(H2,18,19,21);1H. The number of hydrogen-bond acceptors (Lipinski definition) is 1. The molecule has 1 heterocycles. The van der Waals surface area contributed by atoms with Gasteiger partial charge in [0.25, 0.3) is 0 Å². The van der Waals surface area contributed by atoms with Crippen LogP contribution < -0.4 is 10.6 Å². The number of fused-ring (bicyclic) bond motifs is 1. The molecular weight excluding hydrogens is 462 g/mol. The zero-order chi connectivity index (χ0) is 15.2. The molecule has 0 atom stereocenters. The first-order chi connectivity index (χ1) is 10.1. The van der Waals surface area contributed by atoms with E-state index in [9.17, 15) is 4.39 Å². The highest BCUT2D eigenvalue weighted by molar-refractivity contribution is 14.0. The SMILES string of the molecule is C=C(Br)CNC(=NC)NCCc1c[nH]c2cc(F)ccc12.I. The Hall–Kier alpha value is -1.09. The molecule has 0 amide bonds. The average Bonchev–Trinajstić information content (AvgIpc) is 2.84. The molecule has 0 bridgehead atoms. The van der Waals surface area contributed by atoms with Crippen LogP contribution >= 0.6 is 39.9 Å². The fraction of sp³-hybridized carbons (Fsp3) is 0.267. The normalized spacial score (nSPS) is 11.1. The van der Waals surface area contributed by atoms with Gasteiger partial charge in [0.2, 0.25) is 0 Å². The number of nitrogens with one attached hydrogen (secondary N) is 3. The molecule has 22 heavy (non-hydrogen) atoms. The topological polar surface area (TPSA) is 52.2 Å². The van der Waals surface area contributed by atoms with Crippen LogP contribution in [0.2, 0.25) is 0 Å². The smallest absolute Gasteiger partial charge is 0.191 e. The van der Waals surface area contributed by atoms with Crippen molar-refractivity contribution in [3.05, 3.63) is 46.8 Å². The highest BCUT2D eigenvalue weighted by atomic mass is 127. The van der Waals surface area contributed by atoms with Gasteiger partial charge in [-0.15, -0.1) is 24.0 Å². The molecule has 0 saturated carbocycles. The molecule has 0 aliphatic heterocycles. The largest absolute Gasteiger partial charge is 0.361 e. The molecule has 120 valence electrons. The predicted molar refractivity (Wildman–Crippen MR) is 105 cm³/mol. The summed E-state index contributed by atoms with van der Waals surface area (Å²) in [4.78, 5) is 7.22. The molecule has 2 rings (SSSR count). The summed E-state index contributed by atoms with van der Waals surface area (Å²) in [5.41, 5.74) is 1.97. The van der Waals surface area contributed by atoms with Crippen LogP contribution in [0.5, 0.6) is 0 Å². The van der Waals surface area contributed by atoms with Crippen LogP contribution in [-0.4, -0.2) is 31.1 Å². The minimum absolute atomic E-state index is 0. The fourth-order valence-electron chi connectivity index (χ4n) is 2.08. The first-order valence-electron chi connectivity index (χ1n) is 6.63. The van der Waals surface area contributed by atoms with Gasteiger partial charge in [-0.25, -0.2) is 4.39 Å². The second-order valence-electron chi connectivity index (χ2n) is 4.62. The summed E-state index contributed by atoms with van der Waals surface area (Å²) < 4.78 is 14.0. The summed E-state index contributed by atoms with van der Waals surface area (Å²) in [7, 11) is 1.72. The average molecular weight is 481 g/mol. The summed E-state index contributed by atoms with van der Waals surface area (Å²) in [6, 6.07) is 4.79. The molecule has 0 aliphatic carbocycles. The molecule has 0 aliphatic rings. The lowest BCUT2D eigenvalue weighted by molar-refractivity contribution is 0.629. The second-order valence-corrected chi connectivity index (χ2v) is 5.75. The van der Waals surface area contributed by atoms with Crippen molar-refractivity contribution >= 4 is 56.8 Å². The number of H-pyrrole nitrogens is 1. The van der Waals surface area contributed by atoms with Crippen molar-refractivity contribution in [1.29, 1.82) is 0 Å². The molecule has 0 radical (unpaired) electrons. The third kappa shape index (κ3) is 5.28. The van der Waals surface area contributed by atoms with Gasteiger partial charge in [-0.2, -0.15) is 0 Å². The lowest BCUT2D eigenvalue weighted by Crippen LogP contribution is -2.38. The van der Waals surface area contributed by atoms with Gasteiger partial charge in [0.05, 0.1) is 0 Å². The summed E-state index contributed by atoms with van der Waals surface area (Å²) in [6.07, 6.45) is 2.74. The van der Waals surface area contributed by atoms with Crippen molar-refractivity contribution in [2.45, 2.75) is 6.42 Å². The van der Waals surface area contributed by atoms with Gasteiger partial charge in [-0.3, -0.25) is 4.99 Å². The number of halogens is 3. The summed E-state index contributed by atoms with van der Waals surface area (Å²) >= 11 is 3.29. The van der Waals surface area contributed by atoms with Crippen molar-refractivity contribution in [3.63, 3.8) is 0 Å². The molecule has 7 heteroatoms. The van der Waals surface area contributed by atoms with Crippen molar-refractivity contribution < 1.29 is 4.39 Å². The van der Waals surface area contributed by atoms with Crippen LogP contribution in [0.25, 0.3) is 10.9 Å². The quantitative estimate of drug-likeness (QED) is 0.348. The maximum Gasteiger partial charge on any atom is 0.191 e. The minimum atomic E-state index is -0.228. The molecule has 0 unspecified atom stereocenters. The Balaban J connectivity index is 0.00000242. The van der Waals surface area contributed by atoms with Crippen molar-refractivity contribution in [1.82, 2.24) is 15.6 Å². The van der Waals surface area contributed by atoms with Gasteiger partial charge in [0, 0.05) is 41.7 Å². The van der Waals surface area contributed by atoms with E-state index in [0.29, 0.717) is 6.54 Å². The van der Waals surface area contributed by atoms with E-state index in [0.717, 1.165) is 39.9 Å². The Bertz CT molecular complexity index is 669. The van der Waals surface area contributed by atoms with Gasteiger partial charge >= 0.3 is 0 Å². The van der Waals surface area contributed by atoms with Gasteiger partial charge in [0.15, 0.2) is 5.96 Å². The number of aliphatic imine (C=N–C) groups is 1. The van der Waals surface area contributed by atoms with E-state index in [1.165, 1.54) is 12.1 Å². The van der Waals surface area contributed by atoms with Crippen LogP contribution in [0.15, 0.2) is 40.4 Å². The van der Waals surface area contributed by atoms with Crippen LogP contribution in [0.3, 0.4) is 0 Å². The van der Waals surface area contributed by atoms with Gasteiger partial charge in [-0.1, -0.05) is 22.5 Å². The Morgan fingerprint density at radius 2 is 2.18 bits per heavy atom. The van der Waals surface area contributed by atoms with E-state index in [4.69, 9.17) is 0 Å². The molecule has 1 aromatic carbocycles. The number of aromatic amines is 1. The number of nitrogens with zero attached hydrogens (tertiary/aromatic N) is 1. The highest BCUT2D eigenvalue weighted by Crippen LogP contribution is 2.19. The van der Waals surface area contributed by atoms with Crippen LogP contribution in [0.4, 0.5) is 4.39 Å². The zero-order valence-corrected chi connectivity index (χ0v) is 16.2. The van der Waals surface area contributed by atoms with E-state index in [1.807, 2.05) is 6.20 Å². The summed E-state index contributed by atoms with van der Waals surface area (Å²) in [5.74, 6) is 0.495. The van der Waals surface area contributed by atoms with Gasteiger partial charge in [-0.05, 0) is 30.2 Å². The molecule has 0 fully saturated rings. The number of aromatic nitrogens is 1. The molecule has 0 spiro atoms. The van der Waals surface area contributed by atoms with Crippen LogP contribution in [0.1, 0.15) is 5.56 Å². The zero-order valence-electron chi connectivity index (χ0n) is 12.2.